The first-order valence-electron chi connectivity index (χ1n) is 7.09. The molecule has 1 heterocycles. The molecule has 1 amide bonds. The van der Waals surface area contributed by atoms with Gasteiger partial charge in [0.25, 0.3) is 0 Å². The zero-order chi connectivity index (χ0) is 14.4. The van der Waals surface area contributed by atoms with Gasteiger partial charge in [-0.2, -0.15) is 0 Å². The summed E-state index contributed by atoms with van der Waals surface area (Å²) in [6.45, 7) is 5.59. The highest BCUT2D eigenvalue weighted by Crippen LogP contribution is 2.09. The van der Waals surface area contributed by atoms with Crippen LogP contribution in [0, 0.1) is 0 Å². The molecule has 0 unspecified atom stereocenters. The van der Waals surface area contributed by atoms with Gasteiger partial charge in [0.15, 0.2) is 0 Å². The maximum Gasteiger partial charge on any atom is 0.221 e. The molecule has 20 heavy (non-hydrogen) atoms. The second-order valence-electron chi connectivity index (χ2n) is 5.34. The van der Waals surface area contributed by atoms with E-state index in [1.54, 1.807) is 12.1 Å². The fraction of sp³-hybridized carbons (Fsp3) is 0.533. The van der Waals surface area contributed by atoms with Gasteiger partial charge < -0.3 is 20.2 Å². The van der Waals surface area contributed by atoms with Gasteiger partial charge in [-0.25, -0.2) is 0 Å². The number of benzene rings is 1. The van der Waals surface area contributed by atoms with Gasteiger partial charge in [0.05, 0.1) is 0 Å². The summed E-state index contributed by atoms with van der Waals surface area (Å²) in [5.74, 6) is 0.326. The Labute approximate surface area is 120 Å². The van der Waals surface area contributed by atoms with Crippen LogP contribution in [0.3, 0.4) is 0 Å². The number of likely N-dealkylation sites (N-methyl/N-ethyl adjacent to an activating group) is 1. The molecule has 2 rings (SSSR count). The molecule has 5 nitrogen and oxygen atoms in total. The summed E-state index contributed by atoms with van der Waals surface area (Å²) in [6.07, 6.45) is 0.543. The molecular weight excluding hydrogens is 254 g/mol. The van der Waals surface area contributed by atoms with E-state index >= 15 is 0 Å². The number of hydrogen-bond donors (Lipinski definition) is 2. The van der Waals surface area contributed by atoms with Crippen molar-refractivity contribution in [2.45, 2.75) is 13.0 Å². The summed E-state index contributed by atoms with van der Waals surface area (Å²) >= 11 is 0. The normalized spacial score (nSPS) is 17.1. The third-order valence-electron chi connectivity index (χ3n) is 3.68. The molecule has 0 atom stereocenters. The Balaban J connectivity index is 1.64. The topological polar surface area (TPSA) is 55.8 Å². The van der Waals surface area contributed by atoms with Crippen LogP contribution in [0.1, 0.15) is 12.0 Å². The predicted octanol–water partition coefficient (Wildman–Crippen LogP) is 0.646. The molecule has 0 aliphatic carbocycles. The molecule has 0 radical (unpaired) electrons. The number of phenolic OH excluding ortho intramolecular Hbond substituents is 1. The van der Waals surface area contributed by atoms with Gasteiger partial charge in [-0.05, 0) is 24.7 Å². The number of piperazine rings is 1. The molecule has 1 aliphatic rings. The van der Waals surface area contributed by atoms with E-state index in [0.717, 1.165) is 38.3 Å². The second-order valence-corrected chi connectivity index (χ2v) is 5.34. The summed E-state index contributed by atoms with van der Waals surface area (Å²) in [4.78, 5) is 16.4. The highest BCUT2D eigenvalue weighted by Gasteiger charge is 2.14. The van der Waals surface area contributed by atoms with Crippen LogP contribution >= 0.6 is 0 Å². The Morgan fingerprint density at radius 3 is 2.50 bits per heavy atom. The number of nitrogens with one attached hydrogen (secondary N) is 1. The van der Waals surface area contributed by atoms with E-state index in [2.05, 4.69) is 22.2 Å². The van der Waals surface area contributed by atoms with Crippen LogP contribution in [0.2, 0.25) is 0 Å². The Hall–Kier alpha value is -1.59. The molecule has 1 saturated heterocycles. The first-order chi connectivity index (χ1) is 9.63. The van der Waals surface area contributed by atoms with Crippen molar-refractivity contribution in [3.63, 3.8) is 0 Å². The number of carbonyl (C=O) groups is 1. The molecule has 2 N–H and O–H groups in total. The van der Waals surface area contributed by atoms with Gasteiger partial charge in [0, 0.05) is 45.7 Å². The summed E-state index contributed by atoms with van der Waals surface area (Å²) < 4.78 is 0. The number of aromatic hydroxyl groups is 1. The van der Waals surface area contributed by atoms with Crippen molar-refractivity contribution in [3.8, 4) is 5.75 Å². The van der Waals surface area contributed by atoms with Gasteiger partial charge in [0.2, 0.25) is 5.91 Å². The van der Waals surface area contributed by atoms with Crippen molar-refractivity contribution < 1.29 is 9.90 Å². The monoisotopic (exact) mass is 277 g/mol. The third-order valence-corrected chi connectivity index (χ3v) is 3.68. The lowest BCUT2D eigenvalue weighted by atomic mass is 10.2. The largest absolute Gasteiger partial charge is 0.508 e. The van der Waals surface area contributed by atoms with Crippen molar-refractivity contribution in [1.82, 2.24) is 15.1 Å². The minimum absolute atomic E-state index is 0.0806. The zero-order valence-corrected chi connectivity index (χ0v) is 12.0. The first-order valence-corrected chi connectivity index (χ1v) is 7.09. The maximum absolute atomic E-state index is 11.8. The average molecular weight is 277 g/mol. The Morgan fingerprint density at radius 1 is 1.20 bits per heavy atom. The van der Waals surface area contributed by atoms with Gasteiger partial charge in [-0.3, -0.25) is 4.79 Å². The van der Waals surface area contributed by atoms with E-state index < -0.39 is 0 Å². The Morgan fingerprint density at radius 2 is 1.85 bits per heavy atom. The smallest absolute Gasteiger partial charge is 0.221 e. The van der Waals surface area contributed by atoms with Crippen LogP contribution in [0.25, 0.3) is 0 Å². The first kappa shape index (κ1) is 14.8. The molecule has 1 aliphatic heterocycles. The van der Waals surface area contributed by atoms with Crippen molar-refractivity contribution in [2.24, 2.45) is 0 Å². The van der Waals surface area contributed by atoms with Crippen molar-refractivity contribution in [2.75, 3.05) is 39.8 Å². The fourth-order valence-corrected chi connectivity index (χ4v) is 2.23. The van der Waals surface area contributed by atoms with Crippen molar-refractivity contribution >= 4 is 5.91 Å². The van der Waals surface area contributed by atoms with Gasteiger partial charge >= 0.3 is 0 Å². The molecule has 1 aromatic rings. The summed E-state index contributed by atoms with van der Waals surface area (Å²) in [5.41, 5.74) is 0.996. The number of rotatable bonds is 5. The molecule has 1 fully saturated rings. The van der Waals surface area contributed by atoms with Crippen molar-refractivity contribution in [1.29, 1.82) is 0 Å². The lowest BCUT2D eigenvalue weighted by molar-refractivity contribution is -0.121. The standard InChI is InChI=1S/C15H23N3O2/c1-17-8-10-18(11-9-17)7-6-15(20)16-12-13-2-4-14(19)5-3-13/h2-5,19H,6-12H2,1H3,(H,16,20). The number of amides is 1. The minimum Gasteiger partial charge on any atom is -0.508 e. The lowest BCUT2D eigenvalue weighted by Gasteiger charge is -2.32. The average Bonchev–Trinajstić information content (AvgIpc) is 2.46. The van der Waals surface area contributed by atoms with Crippen molar-refractivity contribution in [3.05, 3.63) is 29.8 Å². The Bertz CT molecular complexity index is 425. The van der Waals surface area contributed by atoms with Gasteiger partial charge in [0.1, 0.15) is 5.75 Å². The second kappa shape index (κ2) is 7.26. The summed E-state index contributed by atoms with van der Waals surface area (Å²) in [7, 11) is 2.13. The SMILES string of the molecule is CN1CCN(CCC(=O)NCc2ccc(O)cc2)CC1. The lowest BCUT2D eigenvalue weighted by Crippen LogP contribution is -2.45. The van der Waals surface area contributed by atoms with Crippen LogP contribution in [-0.2, 0) is 11.3 Å². The van der Waals surface area contributed by atoms with Crippen LogP contribution in [0.4, 0.5) is 0 Å². The molecule has 0 spiro atoms. The Kier molecular flexibility index (Phi) is 5.38. The highest BCUT2D eigenvalue weighted by atomic mass is 16.3. The molecular formula is C15H23N3O2. The quantitative estimate of drug-likeness (QED) is 0.829. The van der Waals surface area contributed by atoms with E-state index in [0.29, 0.717) is 13.0 Å². The van der Waals surface area contributed by atoms with Gasteiger partial charge in [-0.15, -0.1) is 0 Å². The molecule has 0 saturated carbocycles. The molecule has 5 heteroatoms. The van der Waals surface area contributed by atoms with Crippen LogP contribution in [-0.4, -0.2) is 60.6 Å². The molecule has 1 aromatic carbocycles. The summed E-state index contributed by atoms with van der Waals surface area (Å²) in [6, 6.07) is 6.89. The highest BCUT2D eigenvalue weighted by molar-refractivity contribution is 5.76. The molecule has 0 bridgehead atoms. The van der Waals surface area contributed by atoms with E-state index in [9.17, 15) is 9.90 Å². The number of nitrogens with zero attached hydrogens (tertiary/aromatic N) is 2. The zero-order valence-electron chi connectivity index (χ0n) is 12.0. The minimum atomic E-state index is 0.0806. The van der Waals surface area contributed by atoms with E-state index in [1.807, 2.05) is 12.1 Å². The van der Waals surface area contributed by atoms with Crippen LogP contribution in [0.15, 0.2) is 24.3 Å². The number of carbonyl (C=O) groups excluding carboxylic acids is 1. The van der Waals surface area contributed by atoms with E-state index in [-0.39, 0.29) is 11.7 Å². The number of hydrogen-bond acceptors (Lipinski definition) is 4. The van der Waals surface area contributed by atoms with Crippen LogP contribution < -0.4 is 5.32 Å². The van der Waals surface area contributed by atoms with Gasteiger partial charge in [-0.1, -0.05) is 12.1 Å². The third kappa shape index (κ3) is 4.83. The fourth-order valence-electron chi connectivity index (χ4n) is 2.23. The maximum atomic E-state index is 11.8. The van der Waals surface area contributed by atoms with E-state index in [1.165, 1.54) is 0 Å². The number of phenols is 1. The summed E-state index contributed by atoms with van der Waals surface area (Å²) in [5, 5.41) is 12.1. The predicted molar refractivity (Wildman–Crippen MR) is 78.5 cm³/mol. The van der Waals surface area contributed by atoms with E-state index in [4.69, 9.17) is 0 Å². The van der Waals surface area contributed by atoms with Crippen LogP contribution in [0.5, 0.6) is 5.75 Å². The molecule has 110 valence electrons. The molecule has 0 aromatic heterocycles.